The Morgan fingerprint density at radius 2 is 1.85 bits per heavy atom. The van der Waals surface area contributed by atoms with Crippen LogP contribution in [0.25, 0.3) is 11.0 Å². The molecule has 1 heterocycles. The third-order valence-corrected chi connectivity index (χ3v) is 3.83. The van der Waals surface area contributed by atoms with Gasteiger partial charge in [-0.25, -0.2) is 4.79 Å². The number of ether oxygens (including phenoxy) is 1. The number of rotatable bonds is 4. The summed E-state index contributed by atoms with van der Waals surface area (Å²) in [6.07, 6.45) is 0. The summed E-state index contributed by atoms with van der Waals surface area (Å²) in [6, 6.07) is 13.2. The molecule has 132 valence electrons. The van der Waals surface area contributed by atoms with Crippen molar-refractivity contribution in [3.63, 3.8) is 0 Å². The van der Waals surface area contributed by atoms with E-state index < -0.39 is 18.5 Å². The van der Waals surface area contributed by atoms with Crippen molar-refractivity contribution in [1.29, 1.82) is 0 Å². The van der Waals surface area contributed by atoms with Gasteiger partial charge in [-0.3, -0.25) is 9.59 Å². The van der Waals surface area contributed by atoms with Gasteiger partial charge in [0.05, 0.1) is 5.39 Å². The van der Waals surface area contributed by atoms with E-state index in [0.717, 1.165) is 17.2 Å². The van der Waals surface area contributed by atoms with Crippen LogP contribution in [-0.2, 0) is 9.53 Å². The normalized spacial score (nSPS) is 10.5. The van der Waals surface area contributed by atoms with Crippen LogP contribution < -0.4 is 10.7 Å². The number of para-hydroxylation sites is 1. The summed E-state index contributed by atoms with van der Waals surface area (Å²) in [4.78, 5) is 36.1. The third kappa shape index (κ3) is 3.80. The van der Waals surface area contributed by atoms with Crippen LogP contribution in [-0.4, -0.2) is 18.5 Å². The monoisotopic (exact) mass is 351 g/mol. The highest BCUT2D eigenvalue weighted by Gasteiger charge is 2.15. The molecule has 0 aliphatic carbocycles. The van der Waals surface area contributed by atoms with E-state index in [2.05, 4.69) is 5.32 Å². The lowest BCUT2D eigenvalue weighted by molar-refractivity contribution is -0.119. The predicted octanol–water partition coefficient (Wildman–Crippen LogP) is 3.21. The number of carbonyl (C=O) groups is 2. The number of benzene rings is 2. The minimum absolute atomic E-state index is 0.243. The zero-order valence-electron chi connectivity index (χ0n) is 14.4. The van der Waals surface area contributed by atoms with Gasteiger partial charge in [0.2, 0.25) is 5.76 Å². The maximum Gasteiger partial charge on any atom is 0.374 e. The van der Waals surface area contributed by atoms with Crippen molar-refractivity contribution in [3.8, 4) is 0 Å². The first-order valence-electron chi connectivity index (χ1n) is 8.01. The molecule has 1 aromatic heterocycles. The quantitative estimate of drug-likeness (QED) is 0.730. The Morgan fingerprint density at radius 3 is 2.62 bits per heavy atom. The molecule has 6 nitrogen and oxygen atoms in total. The minimum atomic E-state index is -0.872. The molecule has 6 heteroatoms. The van der Waals surface area contributed by atoms with Crippen molar-refractivity contribution >= 4 is 28.5 Å². The zero-order chi connectivity index (χ0) is 18.7. The topological polar surface area (TPSA) is 85.6 Å². The Balaban J connectivity index is 1.67. The Morgan fingerprint density at radius 1 is 1.08 bits per heavy atom. The lowest BCUT2D eigenvalue weighted by atomic mass is 10.1. The average Bonchev–Trinajstić information content (AvgIpc) is 2.62. The van der Waals surface area contributed by atoms with Crippen molar-refractivity contribution in [1.82, 2.24) is 0 Å². The van der Waals surface area contributed by atoms with E-state index in [4.69, 9.17) is 9.15 Å². The van der Waals surface area contributed by atoms with Crippen LogP contribution >= 0.6 is 0 Å². The molecule has 0 saturated carbocycles. The van der Waals surface area contributed by atoms with E-state index >= 15 is 0 Å². The molecule has 3 rings (SSSR count). The Bertz CT molecular complexity index is 1050. The van der Waals surface area contributed by atoms with E-state index in [1.165, 1.54) is 0 Å². The molecule has 0 spiro atoms. The third-order valence-electron chi connectivity index (χ3n) is 3.83. The first-order chi connectivity index (χ1) is 12.4. The van der Waals surface area contributed by atoms with Gasteiger partial charge in [0.1, 0.15) is 5.58 Å². The van der Waals surface area contributed by atoms with Crippen LogP contribution in [0.15, 0.2) is 57.7 Å². The molecule has 0 atom stereocenters. The molecule has 0 bridgehead atoms. The molecule has 0 radical (unpaired) electrons. The van der Waals surface area contributed by atoms with Crippen LogP contribution in [0.1, 0.15) is 21.7 Å². The van der Waals surface area contributed by atoms with Gasteiger partial charge in [0.25, 0.3) is 5.91 Å². The lowest BCUT2D eigenvalue weighted by Gasteiger charge is -2.09. The standard InChI is InChI=1S/C20H17NO5/c1-12-7-8-15(13(2)9-12)21-19(23)11-25-20(24)18-10-16(22)14-5-3-4-6-17(14)26-18/h3-10H,11H2,1-2H3,(H,21,23). The van der Waals surface area contributed by atoms with Crippen LogP contribution in [0.2, 0.25) is 0 Å². The van der Waals surface area contributed by atoms with Crippen molar-refractivity contribution in [3.05, 3.63) is 75.6 Å². The van der Waals surface area contributed by atoms with E-state index in [1.807, 2.05) is 26.0 Å². The number of fused-ring (bicyclic) bond motifs is 1. The summed E-state index contributed by atoms with van der Waals surface area (Å²) in [5.74, 6) is -1.59. The second kappa shape index (κ2) is 7.23. The Kier molecular flexibility index (Phi) is 4.84. The fraction of sp³-hybridized carbons (Fsp3) is 0.150. The molecule has 1 N–H and O–H groups in total. The summed E-state index contributed by atoms with van der Waals surface area (Å²) >= 11 is 0. The van der Waals surface area contributed by atoms with Crippen molar-refractivity contribution in [2.75, 3.05) is 11.9 Å². The van der Waals surface area contributed by atoms with E-state index in [9.17, 15) is 14.4 Å². The molecule has 0 fully saturated rings. The van der Waals surface area contributed by atoms with Gasteiger partial charge in [-0.2, -0.15) is 0 Å². The van der Waals surface area contributed by atoms with Crippen molar-refractivity contribution < 1.29 is 18.7 Å². The fourth-order valence-corrected chi connectivity index (χ4v) is 2.55. The summed E-state index contributed by atoms with van der Waals surface area (Å²) < 4.78 is 10.3. The highest BCUT2D eigenvalue weighted by molar-refractivity contribution is 5.95. The second-order valence-electron chi connectivity index (χ2n) is 5.91. The summed E-state index contributed by atoms with van der Waals surface area (Å²) in [6.45, 7) is 3.35. The van der Waals surface area contributed by atoms with Gasteiger partial charge in [0.15, 0.2) is 12.0 Å². The maximum atomic E-state index is 12.1. The van der Waals surface area contributed by atoms with Gasteiger partial charge < -0.3 is 14.5 Å². The Labute approximate surface area is 149 Å². The van der Waals surface area contributed by atoms with Gasteiger partial charge in [0, 0.05) is 11.8 Å². The number of hydrogen-bond acceptors (Lipinski definition) is 5. The fourth-order valence-electron chi connectivity index (χ4n) is 2.55. The molecule has 0 unspecified atom stereocenters. The van der Waals surface area contributed by atoms with Gasteiger partial charge >= 0.3 is 5.97 Å². The number of anilines is 1. The maximum absolute atomic E-state index is 12.1. The summed E-state index contributed by atoms with van der Waals surface area (Å²) in [7, 11) is 0. The van der Waals surface area contributed by atoms with Crippen LogP contribution in [0.3, 0.4) is 0 Å². The van der Waals surface area contributed by atoms with Crippen LogP contribution in [0.4, 0.5) is 5.69 Å². The number of nitrogens with one attached hydrogen (secondary N) is 1. The number of amides is 1. The van der Waals surface area contributed by atoms with E-state index in [1.54, 1.807) is 30.3 Å². The van der Waals surface area contributed by atoms with Gasteiger partial charge in [-0.15, -0.1) is 0 Å². The van der Waals surface area contributed by atoms with E-state index in [-0.39, 0.29) is 16.8 Å². The van der Waals surface area contributed by atoms with Crippen LogP contribution in [0, 0.1) is 13.8 Å². The highest BCUT2D eigenvalue weighted by atomic mass is 16.5. The smallest absolute Gasteiger partial charge is 0.374 e. The SMILES string of the molecule is Cc1ccc(NC(=O)COC(=O)c2cc(=O)c3ccccc3o2)c(C)c1. The highest BCUT2D eigenvalue weighted by Crippen LogP contribution is 2.16. The largest absolute Gasteiger partial charge is 0.450 e. The first-order valence-corrected chi connectivity index (χ1v) is 8.01. The summed E-state index contributed by atoms with van der Waals surface area (Å²) in [5.41, 5.74) is 2.57. The molecule has 0 saturated heterocycles. The molecular weight excluding hydrogens is 334 g/mol. The van der Waals surface area contributed by atoms with Gasteiger partial charge in [-0.1, -0.05) is 29.8 Å². The molecule has 26 heavy (non-hydrogen) atoms. The zero-order valence-corrected chi connectivity index (χ0v) is 14.4. The minimum Gasteiger partial charge on any atom is -0.450 e. The molecule has 2 aromatic carbocycles. The summed E-state index contributed by atoms with van der Waals surface area (Å²) in [5, 5.41) is 3.05. The van der Waals surface area contributed by atoms with Gasteiger partial charge in [-0.05, 0) is 37.6 Å². The van der Waals surface area contributed by atoms with Crippen molar-refractivity contribution in [2.24, 2.45) is 0 Å². The molecule has 3 aromatic rings. The molecule has 1 amide bonds. The number of hydrogen-bond donors (Lipinski definition) is 1. The molecule has 0 aliphatic heterocycles. The molecule has 0 aliphatic rings. The van der Waals surface area contributed by atoms with Crippen LogP contribution in [0.5, 0.6) is 0 Å². The number of aryl methyl sites for hydroxylation is 2. The number of carbonyl (C=O) groups excluding carboxylic acids is 2. The number of esters is 1. The van der Waals surface area contributed by atoms with E-state index in [0.29, 0.717) is 11.1 Å². The van der Waals surface area contributed by atoms with Crippen molar-refractivity contribution in [2.45, 2.75) is 13.8 Å². The average molecular weight is 351 g/mol. The first kappa shape index (κ1) is 17.4. The molecular formula is C20H17NO5. The Hall–Kier alpha value is -3.41. The predicted molar refractivity (Wildman–Crippen MR) is 97.3 cm³/mol. The lowest BCUT2D eigenvalue weighted by Crippen LogP contribution is -2.21. The second-order valence-corrected chi connectivity index (χ2v) is 5.91.